The van der Waals surface area contributed by atoms with Gasteiger partial charge in [0.2, 0.25) is 0 Å². The number of hydrogen-bond donors (Lipinski definition) is 0. The van der Waals surface area contributed by atoms with Crippen LogP contribution in [0.1, 0.15) is 22.3 Å². The van der Waals surface area contributed by atoms with Crippen LogP contribution >= 0.6 is 15.9 Å². The van der Waals surface area contributed by atoms with Gasteiger partial charge < -0.3 is 9.64 Å². The van der Waals surface area contributed by atoms with Crippen molar-refractivity contribution in [2.24, 2.45) is 0 Å². The SMILES string of the molecule is COCCN(CCCc1ccccc1)C(=O)c1cc(F)ccc1Br. The van der Waals surface area contributed by atoms with E-state index in [2.05, 4.69) is 28.1 Å². The van der Waals surface area contributed by atoms with Crippen molar-refractivity contribution in [3.8, 4) is 0 Å². The third-order valence-electron chi connectivity index (χ3n) is 3.75. The highest BCUT2D eigenvalue weighted by molar-refractivity contribution is 9.10. The highest BCUT2D eigenvalue weighted by Crippen LogP contribution is 2.20. The fourth-order valence-electron chi connectivity index (χ4n) is 2.47. The highest BCUT2D eigenvalue weighted by atomic mass is 79.9. The summed E-state index contributed by atoms with van der Waals surface area (Å²) in [6.45, 7) is 1.52. The van der Waals surface area contributed by atoms with Gasteiger partial charge in [-0.05, 0) is 52.5 Å². The number of rotatable bonds is 8. The Kier molecular flexibility index (Phi) is 7.40. The molecule has 1 amide bonds. The van der Waals surface area contributed by atoms with Gasteiger partial charge in [-0.1, -0.05) is 30.3 Å². The average molecular weight is 394 g/mol. The van der Waals surface area contributed by atoms with Gasteiger partial charge in [0.1, 0.15) is 5.82 Å². The zero-order valence-electron chi connectivity index (χ0n) is 13.7. The molecule has 0 atom stereocenters. The van der Waals surface area contributed by atoms with Gasteiger partial charge in [0, 0.05) is 24.7 Å². The summed E-state index contributed by atoms with van der Waals surface area (Å²) < 4.78 is 19.2. The van der Waals surface area contributed by atoms with Crippen LogP contribution < -0.4 is 0 Å². The molecule has 0 radical (unpaired) electrons. The van der Waals surface area contributed by atoms with Crippen molar-refractivity contribution >= 4 is 21.8 Å². The number of carbonyl (C=O) groups excluding carboxylic acids is 1. The van der Waals surface area contributed by atoms with Crippen molar-refractivity contribution in [3.63, 3.8) is 0 Å². The Morgan fingerprint density at radius 1 is 1.17 bits per heavy atom. The van der Waals surface area contributed by atoms with Crippen molar-refractivity contribution in [2.45, 2.75) is 12.8 Å². The molecule has 0 saturated heterocycles. The molecule has 0 unspecified atom stereocenters. The quantitative estimate of drug-likeness (QED) is 0.668. The maximum atomic E-state index is 13.5. The number of halogens is 2. The summed E-state index contributed by atoms with van der Waals surface area (Å²) in [5, 5.41) is 0. The topological polar surface area (TPSA) is 29.5 Å². The van der Waals surface area contributed by atoms with Gasteiger partial charge in [-0.15, -0.1) is 0 Å². The second-order valence-electron chi connectivity index (χ2n) is 5.50. The Hall–Kier alpha value is -1.72. The third kappa shape index (κ3) is 5.42. The van der Waals surface area contributed by atoms with Gasteiger partial charge in [0.05, 0.1) is 12.2 Å². The Bertz CT molecular complexity index is 664. The molecule has 0 heterocycles. The van der Waals surface area contributed by atoms with Gasteiger partial charge in [-0.25, -0.2) is 4.39 Å². The molecule has 0 aliphatic carbocycles. The number of hydrogen-bond acceptors (Lipinski definition) is 2. The number of carbonyl (C=O) groups is 1. The lowest BCUT2D eigenvalue weighted by Crippen LogP contribution is -2.35. The van der Waals surface area contributed by atoms with E-state index in [4.69, 9.17) is 4.74 Å². The van der Waals surface area contributed by atoms with Crippen molar-refractivity contribution < 1.29 is 13.9 Å². The van der Waals surface area contributed by atoms with Crippen LogP contribution in [0.15, 0.2) is 53.0 Å². The smallest absolute Gasteiger partial charge is 0.255 e. The first kappa shape index (κ1) is 18.6. The summed E-state index contributed by atoms with van der Waals surface area (Å²) in [4.78, 5) is 14.5. The zero-order chi connectivity index (χ0) is 17.4. The van der Waals surface area contributed by atoms with E-state index >= 15 is 0 Å². The first-order valence-corrected chi connectivity index (χ1v) is 8.68. The van der Waals surface area contributed by atoms with Gasteiger partial charge in [-0.3, -0.25) is 4.79 Å². The Morgan fingerprint density at radius 3 is 2.62 bits per heavy atom. The van der Waals surface area contributed by atoms with Crippen molar-refractivity contribution in [1.29, 1.82) is 0 Å². The van der Waals surface area contributed by atoms with Crippen LogP contribution in [-0.2, 0) is 11.2 Å². The Balaban J connectivity index is 2.03. The summed E-state index contributed by atoms with van der Waals surface area (Å²) in [5.41, 5.74) is 1.58. The summed E-state index contributed by atoms with van der Waals surface area (Å²) >= 11 is 3.33. The minimum atomic E-state index is -0.419. The van der Waals surface area contributed by atoms with E-state index in [-0.39, 0.29) is 5.91 Å². The lowest BCUT2D eigenvalue weighted by Gasteiger charge is -2.23. The molecule has 5 heteroatoms. The predicted molar refractivity (Wildman–Crippen MR) is 96.6 cm³/mol. The van der Waals surface area contributed by atoms with E-state index in [1.165, 1.54) is 17.7 Å². The maximum Gasteiger partial charge on any atom is 0.255 e. The fraction of sp³-hybridized carbons (Fsp3) is 0.316. The molecule has 0 bridgehead atoms. The van der Waals surface area contributed by atoms with E-state index in [1.54, 1.807) is 18.1 Å². The Labute approximate surface area is 150 Å². The van der Waals surface area contributed by atoms with Crippen molar-refractivity contribution in [1.82, 2.24) is 4.90 Å². The summed E-state index contributed by atoms with van der Waals surface area (Å²) in [7, 11) is 1.60. The van der Waals surface area contributed by atoms with Gasteiger partial charge in [0.25, 0.3) is 5.91 Å². The molecule has 2 rings (SSSR count). The molecule has 3 nitrogen and oxygen atoms in total. The minimum Gasteiger partial charge on any atom is -0.383 e. The van der Waals surface area contributed by atoms with Crippen LogP contribution in [0, 0.1) is 5.82 Å². The van der Waals surface area contributed by atoms with Gasteiger partial charge >= 0.3 is 0 Å². The number of benzene rings is 2. The van der Waals surface area contributed by atoms with Crippen LogP contribution in [0.3, 0.4) is 0 Å². The second kappa shape index (κ2) is 9.55. The molecule has 0 spiro atoms. The lowest BCUT2D eigenvalue weighted by atomic mass is 10.1. The zero-order valence-corrected chi connectivity index (χ0v) is 15.3. The number of aryl methyl sites for hydroxylation is 1. The normalized spacial score (nSPS) is 10.6. The summed E-state index contributed by atoms with van der Waals surface area (Å²) in [6.07, 6.45) is 1.73. The molecular formula is C19H21BrFNO2. The molecule has 0 aromatic heterocycles. The van der Waals surface area contributed by atoms with E-state index < -0.39 is 5.82 Å². The van der Waals surface area contributed by atoms with Crippen LogP contribution in [0.25, 0.3) is 0 Å². The van der Waals surface area contributed by atoms with Crippen LogP contribution in [0.5, 0.6) is 0 Å². The first-order chi connectivity index (χ1) is 11.6. The predicted octanol–water partition coefficient (Wildman–Crippen LogP) is 4.31. The molecule has 0 aliphatic heterocycles. The summed E-state index contributed by atoms with van der Waals surface area (Å²) in [5.74, 6) is -0.607. The molecule has 24 heavy (non-hydrogen) atoms. The van der Waals surface area contributed by atoms with Crippen LogP contribution in [0.2, 0.25) is 0 Å². The number of methoxy groups -OCH3 is 1. The van der Waals surface area contributed by atoms with Gasteiger partial charge in [0.15, 0.2) is 0 Å². The fourth-order valence-corrected chi connectivity index (χ4v) is 2.88. The van der Waals surface area contributed by atoms with Crippen LogP contribution in [0.4, 0.5) is 4.39 Å². The molecule has 0 fully saturated rings. The molecular weight excluding hydrogens is 373 g/mol. The third-order valence-corrected chi connectivity index (χ3v) is 4.44. The van der Waals surface area contributed by atoms with Crippen LogP contribution in [-0.4, -0.2) is 37.6 Å². The number of nitrogens with zero attached hydrogens (tertiary/aromatic N) is 1. The highest BCUT2D eigenvalue weighted by Gasteiger charge is 2.18. The first-order valence-electron chi connectivity index (χ1n) is 7.89. The number of ether oxygens (including phenoxy) is 1. The van der Waals surface area contributed by atoms with E-state index in [0.29, 0.717) is 29.7 Å². The molecule has 0 N–H and O–H groups in total. The molecule has 2 aromatic carbocycles. The van der Waals surface area contributed by atoms with E-state index in [0.717, 1.165) is 12.8 Å². The van der Waals surface area contributed by atoms with E-state index in [9.17, 15) is 9.18 Å². The van der Waals surface area contributed by atoms with Crippen molar-refractivity contribution in [3.05, 3.63) is 69.9 Å². The lowest BCUT2D eigenvalue weighted by molar-refractivity contribution is 0.0692. The maximum absolute atomic E-state index is 13.5. The largest absolute Gasteiger partial charge is 0.383 e. The van der Waals surface area contributed by atoms with Crippen molar-refractivity contribution in [2.75, 3.05) is 26.8 Å². The average Bonchev–Trinajstić information content (AvgIpc) is 2.60. The van der Waals surface area contributed by atoms with E-state index in [1.807, 2.05) is 18.2 Å². The monoisotopic (exact) mass is 393 g/mol. The molecule has 0 saturated carbocycles. The number of amides is 1. The Morgan fingerprint density at radius 2 is 1.92 bits per heavy atom. The van der Waals surface area contributed by atoms with Gasteiger partial charge in [-0.2, -0.15) is 0 Å². The standard InChI is InChI=1S/C19H21BrFNO2/c1-24-13-12-22(11-5-8-15-6-3-2-4-7-15)19(23)17-14-16(21)9-10-18(17)20/h2-4,6-7,9-10,14H,5,8,11-13H2,1H3. The molecule has 2 aromatic rings. The minimum absolute atomic E-state index is 0.188. The molecule has 0 aliphatic rings. The second-order valence-corrected chi connectivity index (χ2v) is 6.35. The summed E-state index contributed by atoms with van der Waals surface area (Å²) in [6, 6.07) is 14.3. The molecule has 128 valence electrons.